The zero-order valence-electron chi connectivity index (χ0n) is 12.9. The first-order chi connectivity index (χ1) is 10.8. The molecule has 0 aromatic heterocycles. The number of carbonyl (C=O) groups excluding carboxylic acids is 1. The molecule has 0 aliphatic heterocycles. The van der Waals surface area contributed by atoms with Gasteiger partial charge in [0, 0.05) is 13.5 Å². The van der Waals surface area contributed by atoms with Crippen molar-refractivity contribution >= 4 is 5.91 Å². The van der Waals surface area contributed by atoms with Crippen molar-refractivity contribution in [1.29, 1.82) is 0 Å². The number of hydrogen-bond donors (Lipinski definition) is 2. The lowest BCUT2D eigenvalue weighted by Gasteiger charge is -2.17. The minimum Gasteiger partial charge on any atom is -0.371 e. The lowest BCUT2D eigenvalue weighted by Crippen LogP contribution is -2.41. The van der Waals surface area contributed by atoms with Crippen molar-refractivity contribution in [3.8, 4) is 11.8 Å². The van der Waals surface area contributed by atoms with E-state index in [9.17, 15) is 18.0 Å². The third kappa shape index (κ3) is 6.30. The highest BCUT2D eigenvalue weighted by molar-refractivity contribution is 5.81. The molecule has 0 heterocycles. The Morgan fingerprint density at radius 1 is 1.43 bits per heavy atom. The third-order valence-corrected chi connectivity index (χ3v) is 3.03. The summed E-state index contributed by atoms with van der Waals surface area (Å²) in [5.74, 6) is 4.91. The predicted molar refractivity (Wildman–Crippen MR) is 80.4 cm³/mol. The molecule has 1 amide bonds. The van der Waals surface area contributed by atoms with Gasteiger partial charge in [-0.05, 0) is 18.6 Å². The molecule has 0 bridgehead atoms. The van der Waals surface area contributed by atoms with Crippen LogP contribution in [0, 0.1) is 11.8 Å². The first-order valence-electron chi connectivity index (χ1n) is 6.95. The first kappa shape index (κ1) is 19.0. The zero-order valence-corrected chi connectivity index (χ0v) is 12.9. The molecule has 0 saturated heterocycles. The summed E-state index contributed by atoms with van der Waals surface area (Å²) in [6.07, 6.45) is -5.29. The molecule has 1 aromatic rings. The van der Waals surface area contributed by atoms with Crippen molar-refractivity contribution in [2.45, 2.75) is 31.7 Å². The topological polar surface area (TPSA) is 64.3 Å². The number of nitrogens with one attached hydrogen (secondary N) is 1. The van der Waals surface area contributed by atoms with E-state index in [1.807, 2.05) is 0 Å². The Morgan fingerprint density at radius 3 is 2.70 bits per heavy atom. The molecule has 0 spiro atoms. The van der Waals surface area contributed by atoms with E-state index in [1.54, 1.807) is 6.92 Å². The van der Waals surface area contributed by atoms with E-state index in [2.05, 4.69) is 17.2 Å². The van der Waals surface area contributed by atoms with Gasteiger partial charge in [-0.25, -0.2) is 0 Å². The van der Waals surface area contributed by atoms with Gasteiger partial charge in [0.15, 0.2) is 0 Å². The summed E-state index contributed by atoms with van der Waals surface area (Å²) in [6.45, 7) is 1.86. The van der Waals surface area contributed by atoms with Gasteiger partial charge in [-0.3, -0.25) is 4.79 Å². The van der Waals surface area contributed by atoms with Crippen LogP contribution >= 0.6 is 0 Å². The van der Waals surface area contributed by atoms with Crippen molar-refractivity contribution in [3.05, 3.63) is 35.4 Å². The van der Waals surface area contributed by atoms with Crippen LogP contribution in [0.4, 0.5) is 13.2 Å². The highest BCUT2D eigenvalue weighted by Crippen LogP contribution is 2.29. The quantitative estimate of drug-likeness (QED) is 0.809. The average molecular weight is 328 g/mol. The van der Waals surface area contributed by atoms with Gasteiger partial charge in [0.1, 0.15) is 6.10 Å². The van der Waals surface area contributed by atoms with E-state index in [0.717, 1.165) is 12.1 Å². The van der Waals surface area contributed by atoms with Crippen molar-refractivity contribution in [2.24, 2.45) is 5.73 Å². The largest absolute Gasteiger partial charge is 0.416 e. The molecule has 0 fully saturated rings. The highest BCUT2D eigenvalue weighted by atomic mass is 19.4. The molecule has 0 radical (unpaired) electrons. The van der Waals surface area contributed by atoms with Crippen molar-refractivity contribution < 1.29 is 22.7 Å². The number of hydrogen-bond acceptors (Lipinski definition) is 3. The number of benzene rings is 1. The fourth-order valence-corrected chi connectivity index (χ4v) is 1.93. The fourth-order valence-electron chi connectivity index (χ4n) is 1.93. The lowest BCUT2D eigenvalue weighted by atomic mass is 10.0. The molecule has 7 heteroatoms. The molecule has 23 heavy (non-hydrogen) atoms. The minimum absolute atomic E-state index is 0.0310. The molecule has 126 valence electrons. The van der Waals surface area contributed by atoms with E-state index >= 15 is 0 Å². The fraction of sp³-hybridized carbons (Fsp3) is 0.438. The summed E-state index contributed by atoms with van der Waals surface area (Å²) in [5.41, 5.74) is 4.85. The first-order valence-corrected chi connectivity index (χ1v) is 6.95. The van der Waals surface area contributed by atoms with Gasteiger partial charge >= 0.3 is 6.18 Å². The maximum Gasteiger partial charge on any atom is 0.416 e. The monoisotopic (exact) mass is 328 g/mol. The van der Waals surface area contributed by atoms with Crippen molar-refractivity contribution in [1.82, 2.24) is 5.32 Å². The Labute approximate surface area is 133 Å². The summed E-state index contributed by atoms with van der Waals surface area (Å²) >= 11 is 0. The number of rotatable bonds is 5. The van der Waals surface area contributed by atoms with Gasteiger partial charge < -0.3 is 15.8 Å². The minimum atomic E-state index is -4.42. The van der Waals surface area contributed by atoms with Crippen LogP contribution in [0.25, 0.3) is 0 Å². The second-order valence-electron chi connectivity index (χ2n) is 4.88. The SMILES string of the molecule is CO[C@@H](Cc1cccc(C(F)(F)F)c1)C(=O)N[C@H](C)C#CCN. The molecule has 1 rings (SSSR count). The summed E-state index contributed by atoms with van der Waals surface area (Å²) < 4.78 is 43.2. The van der Waals surface area contributed by atoms with E-state index < -0.39 is 29.8 Å². The normalized spacial score (nSPS) is 13.7. The van der Waals surface area contributed by atoms with Crippen molar-refractivity contribution in [3.63, 3.8) is 0 Å². The molecular weight excluding hydrogens is 309 g/mol. The number of alkyl halides is 3. The second-order valence-corrected chi connectivity index (χ2v) is 4.88. The van der Waals surface area contributed by atoms with Crippen LogP contribution < -0.4 is 11.1 Å². The standard InChI is InChI=1S/C16H19F3N2O2/c1-11(5-4-8-20)21-15(22)14(23-2)10-12-6-3-7-13(9-12)16(17,18)19/h3,6-7,9,11,14H,8,10,20H2,1-2H3,(H,21,22)/t11-,14+/m1/s1. The van der Waals surface area contributed by atoms with E-state index in [-0.39, 0.29) is 13.0 Å². The average Bonchev–Trinajstić information content (AvgIpc) is 2.49. The predicted octanol–water partition coefficient (Wildman–Crippen LogP) is 1.73. The van der Waals surface area contributed by atoms with Crippen LogP contribution in [0.5, 0.6) is 0 Å². The molecular formula is C16H19F3N2O2. The lowest BCUT2D eigenvalue weighted by molar-refractivity contribution is -0.137. The number of ether oxygens (including phenoxy) is 1. The van der Waals surface area contributed by atoms with Crippen LogP contribution in [-0.4, -0.2) is 31.7 Å². The Hall–Kier alpha value is -2.04. The number of carbonyl (C=O) groups is 1. The smallest absolute Gasteiger partial charge is 0.371 e. The number of nitrogens with two attached hydrogens (primary N) is 1. The third-order valence-electron chi connectivity index (χ3n) is 3.03. The van der Waals surface area contributed by atoms with Crippen molar-refractivity contribution in [2.75, 3.05) is 13.7 Å². The zero-order chi connectivity index (χ0) is 17.5. The van der Waals surface area contributed by atoms with Gasteiger partial charge in [-0.1, -0.05) is 30.0 Å². The van der Waals surface area contributed by atoms with Gasteiger partial charge in [0.05, 0.1) is 18.2 Å². The Morgan fingerprint density at radius 2 is 2.13 bits per heavy atom. The Bertz CT molecular complexity index is 591. The maximum absolute atomic E-state index is 12.7. The molecule has 0 aliphatic carbocycles. The molecule has 0 aliphatic rings. The number of halogens is 3. The molecule has 0 saturated carbocycles. The summed E-state index contributed by atoms with van der Waals surface area (Å²) in [5, 5.41) is 2.62. The van der Waals surface area contributed by atoms with Crippen LogP contribution in [0.1, 0.15) is 18.1 Å². The maximum atomic E-state index is 12.7. The number of methoxy groups -OCH3 is 1. The number of amides is 1. The molecule has 4 nitrogen and oxygen atoms in total. The van der Waals surface area contributed by atoms with Gasteiger partial charge in [0.25, 0.3) is 0 Å². The summed E-state index contributed by atoms with van der Waals surface area (Å²) in [7, 11) is 1.33. The molecule has 0 unspecified atom stereocenters. The van der Waals surface area contributed by atoms with Gasteiger partial charge in [-0.15, -0.1) is 0 Å². The Balaban J connectivity index is 2.78. The molecule has 1 aromatic carbocycles. The highest BCUT2D eigenvalue weighted by Gasteiger charge is 2.30. The van der Waals surface area contributed by atoms with E-state index in [0.29, 0.717) is 5.56 Å². The molecule has 3 N–H and O–H groups in total. The summed E-state index contributed by atoms with van der Waals surface area (Å²) in [4.78, 5) is 12.1. The van der Waals surface area contributed by atoms with E-state index in [1.165, 1.54) is 19.2 Å². The molecule has 2 atom stereocenters. The van der Waals surface area contributed by atoms with Gasteiger partial charge in [0.2, 0.25) is 5.91 Å². The van der Waals surface area contributed by atoms with Crippen LogP contribution in [-0.2, 0) is 22.1 Å². The van der Waals surface area contributed by atoms with E-state index in [4.69, 9.17) is 10.5 Å². The van der Waals surface area contributed by atoms with Gasteiger partial charge in [-0.2, -0.15) is 13.2 Å². The summed E-state index contributed by atoms with van der Waals surface area (Å²) in [6, 6.07) is 4.39. The van der Waals surface area contributed by atoms with Crippen LogP contribution in [0.3, 0.4) is 0 Å². The van der Waals surface area contributed by atoms with Crippen LogP contribution in [0.15, 0.2) is 24.3 Å². The second kappa shape index (κ2) is 8.56. The van der Waals surface area contributed by atoms with Crippen LogP contribution in [0.2, 0.25) is 0 Å². The Kier molecular flexibility index (Phi) is 7.07.